The van der Waals surface area contributed by atoms with Crippen LogP contribution in [0.4, 0.5) is 4.79 Å². The number of amides is 1. The fraction of sp³-hybridized carbons (Fsp3) is 0.344. The van der Waals surface area contributed by atoms with Crippen LogP contribution in [0.2, 0.25) is 0 Å². The topological polar surface area (TPSA) is 90.9 Å². The summed E-state index contributed by atoms with van der Waals surface area (Å²) in [6.45, 7) is 5.75. The number of alkyl carbamates (subject to hydrolysis) is 1. The first-order chi connectivity index (χ1) is 19.2. The van der Waals surface area contributed by atoms with Crippen molar-refractivity contribution in [3.8, 4) is 0 Å². The normalized spacial score (nSPS) is 12.1. The molecule has 0 saturated carbocycles. The second-order valence-electron chi connectivity index (χ2n) is 10.2. The molecule has 0 aliphatic heterocycles. The van der Waals surface area contributed by atoms with E-state index in [0.717, 1.165) is 27.3 Å². The highest BCUT2D eigenvalue weighted by Crippen LogP contribution is 2.21. The summed E-state index contributed by atoms with van der Waals surface area (Å²) < 4.78 is 16.2. The van der Waals surface area contributed by atoms with Gasteiger partial charge in [-0.1, -0.05) is 66.7 Å². The molecule has 0 aliphatic carbocycles. The zero-order valence-electron chi connectivity index (χ0n) is 23.3. The molecule has 0 fully saturated rings. The van der Waals surface area contributed by atoms with E-state index in [0.29, 0.717) is 12.8 Å². The highest BCUT2D eigenvalue weighted by molar-refractivity contribution is 7.12. The van der Waals surface area contributed by atoms with Crippen molar-refractivity contribution in [3.05, 3.63) is 99.8 Å². The molecule has 0 bridgehead atoms. The minimum atomic E-state index is -0.889. The molecule has 0 spiro atoms. The molecule has 8 heteroatoms. The van der Waals surface area contributed by atoms with Gasteiger partial charge >= 0.3 is 18.0 Å². The van der Waals surface area contributed by atoms with Crippen molar-refractivity contribution in [1.29, 1.82) is 0 Å². The Balaban J connectivity index is 1.47. The predicted molar refractivity (Wildman–Crippen MR) is 157 cm³/mol. The average molecular weight is 564 g/mol. The van der Waals surface area contributed by atoms with E-state index in [1.54, 1.807) is 20.8 Å². The molecule has 212 valence electrons. The Bertz CT molecular complexity index is 1250. The minimum Gasteiger partial charge on any atom is -0.461 e. The van der Waals surface area contributed by atoms with Gasteiger partial charge in [0.15, 0.2) is 0 Å². The molecule has 2 aromatic carbocycles. The number of hydrogen-bond acceptors (Lipinski definition) is 7. The van der Waals surface area contributed by atoms with Gasteiger partial charge in [0, 0.05) is 22.6 Å². The molecule has 40 heavy (non-hydrogen) atoms. The van der Waals surface area contributed by atoms with Crippen molar-refractivity contribution in [1.82, 2.24) is 5.32 Å². The van der Waals surface area contributed by atoms with Crippen LogP contribution in [-0.4, -0.2) is 29.7 Å². The molecule has 1 N–H and O–H groups in total. The monoisotopic (exact) mass is 563 g/mol. The minimum absolute atomic E-state index is 0.104. The zero-order valence-corrected chi connectivity index (χ0v) is 24.1. The predicted octanol–water partition coefficient (Wildman–Crippen LogP) is 6.85. The number of esters is 2. The third-order valence-electron chi connectivity index (χ3n) is 5.56. The van der Waals surface area contributed by atoms with Gasteiger partial charge in [-0.15, -0.1) is 11.3 Å². The molecule has 1 heterocycles. The molecule has 7 nitrogen and oxygen atoms in total. The summed E-state index contributed by atoms with van der Waals surface area (Å²) in [5.41, 5.74) is 1.13. The Morgan fingerprint density at radius 3 is 2.12 bits per heavy atom. The van der Waals surface area contributed by atoms with Gasteiger partial charge in [0.2, 0.25) is 0 Å². The lowest BCUT2D eigenvalue weighted by molar-refractivity contribution is -0.157. The maximum absolute atomic E-state index is 12.9. The van der Waals surface area contributed by atoms with E-state index in [4.69, 9.17) is 14.2 Å². The van der Waals surface area contributed by atoms with Gasteiger partial charge in [0.05, 0.1) is 0 Å². The Hall–Kier alpha value is -3.91. The maximum Gasteiger partial charge on any atom is 0.408 e. The van der Waals surface area contributed by atoms with Gasteiger partial charge in [0.25, 0.3) is 0 Å². The molecule has 3 rings (SSSR count). The summed E-state index contributed by atoms with van der Waals surface area (Å²) in [6, 6.07) is 21.9. The van der Waals surface area contributed by atoms with Gasteiger partial charge < -0.3 is 19.5 Å². The largest absolute Gasteiger partial charge is 0.461 e. The SMILES string of the molecule is CC(C)(C)OC(=O)[C@H](Cc1ccc(C=CCCCC(=O)OCc2ccccc2)s1)NC(=O)OCc1ccccc1. The molecule has 0 unspecified atom stereocenters. The van der Waals surface area contributed by atoms with Crippen LogP contribution in [0.15, 0.2) is 78.9 Å². The number of thiophene rings is 1. The van der Waals surface area contributed by atoms with Crippen molar-refractivity contribution in [3.63, 3.8) is 0 Å². The highest BCUT2D eigenvalue weighted by atomic mass is 32.1. The smallest absolute Gasteiger partial charge is 0.408 e. The average Bonchev–Trinajstić information content (AvgIpc) is 3.37. The van der Waals surface area contributed by atoms with Gasteiger partial charge in [-0.05, 0) is 62.9 Å². The molecule has 1 atom stereocenters. The number of benzene rings is 2. The Kier molecular flexibility index (Phi) is 12.0. The van der Waals surface area contributed by atoms with Gasteiger partial charge in [-0.25, -0.2) is 9.59 Å². The maximum atomic E-state index is 12.9. The first kappa shape index (κ1) is 30.6. The summed E-state index contributed by atoms with van der Waals surface area (Å²) in [7, 11) is 0. The van der Waals surface area contributed by atoms with Crippen LogP contribution < -0.4 is 5.32 Å². The lowest BCUT2D eigenvalue weighted by atomic mass is 10.1. The van der Waals surface area contributed by atoms with Crippen LogP contribution >= 0.6 is 11.3 Å². The lowest BCUT2D eigenvalue weighted by Gasteiger charge is -2.24. The second-order valence-corrected chi connectivity index (χ2v) is 11.4. The molecule has 0 saturated heterocycles. The number of rotatable bonds is 13. The number of unbranched alkanes of at least 4 members (excludes halogenated alkanes) is 1. The van der Waals surface area contributed by atoms with Crippen LogP contribution in [0.3, 0.4) is 0 Å². The summed E-state index contributed by atoms with van der Waals surface area (Å²) >= 11 is 1.53. The van der Waals surface area contributed by atoms with E-state index in [9.17, 15) is 14.4 Å². The summed E-state index contributed by atoms with van der Waals surface area (Å²) in [6.07, 6.45) is 5.40. The Labute approximate surface area is 240 Å². The first-order valence-corrected chi connectivity index (χ1v) is 14.1. The number of nitrogens with one attached hydrogen (secondary N) is 1. The molecule has 0 aliphatic rings. The van der Waals surface area contributed by atoms with Gasteiger partial charge in [-0.3, -0.25) is 4.79 Å². The first-order valence-electron chi connectivity index (χ1n) is 13.3. The van der Waals surface area contributed by atoms with Crippen molar-refractivity contribution in [2.45, 2.75) is 71.3 Å². The lowest BCUT2D eigenvalue weighted by Crippen LogP contribution is -2.45. The fourth-order valence-electron chi connectivity index (χ4n) is 3.64. The van der Waals surface area contributed by atoms with Crippen LogP contribution in [-0.2, 0) is 43.4 Å². The van der Waals surface area contributed by atoms with Crippen LogP contribution in [0.1, 0.15) is 60.9 Å². The van der Waals surface area contributed by atoms with Gasteiger partial charge in [-0.2, -0.15) is 0 Å². The van der Waals surface area contributed by atoms with E-state index in [2.05, 4.69) is 5.32 Å². The standard InChI is InChI=1S/C32H37NO6S/c1-32(2,3)39-30(35)28(33-31(36)38-23-25-15-9-5-10-16-25)21-27-20-19-26(40-27)17-11-6-12-18-29(34)37-22-24-13-7-4-8-14-24/h4-5,7-11,13-17,19-20,28H,6,12,18,21-23H2,1-3H3,(H,33,36)/t28-/m0/s1. The van der Waals surface area contributed by atoms with Crippen molar-refractivity contribution in [2.75, 3.05) is 0 Å². The van der Waals surface area contributed by atoms with Crippen molar-refractivity contribution >= 4 is 35.4 Å². The number of allylic oxidation sites excluding steroid dienone is 1. The zero-order chi connectivity index (χ0) is 28.8. The Morgan fingerprint density at radius 1 is 0.875 bits per heavy atom. The van der Waals surface area contributed by atoms with Crippen molar-refractivity contribution < 1.29 is 28.6 Å². The van der Waals surface area contributed by atoms with Gasteiger partial charge in [0.1, 0.15) is 24.9 Å². The van der Waals surface area contributed by atoms with Crippen molar-refractivity contribution in [2.24, 2.45) is 0 Å². The Morgan fingerprint density at radius 2 is 1.50 bits per heavy atom. The third-order valence-corrected chi connectivity index (χ3v) is 6.63. The molecule has 0 radical (unpaired) electrons. The van der Waals surface area contributed by atoms with E-state index in [1.165, 1.54) is 11.3 Å². The highest BCUT2D eigenvalue weighted by Gasteiger charge is 2.28. The van der Waals surface area contributed by atoms with E-state index < -0.39 is 23.7 Å². The molecule has 1 amide bonds. The summed E-state index contributed by atoms with van der Waals surface area (Å²) in [4.78, 5) is 39.2. The number of hydrogen-bond donors (Lipinski definition) is 1. The van der Waals surface area contributed by atoms with E-state index in [1.807, 2.05) is 84.9 Å². The molecule has 1 aromatic heterocycles. The quantitative estimate of drug-likeness (QED) is 0.139. The molecular formula is C32H37NO6S. The van der Waals surface area contributed by atoms with E-state index >= 15 is 0 Å². The van der Waals surface area contributed by atoms with E-state index in [-0.39, 0.29) is 25.6 Å². The van der Waals surface area contributed by atoms with Crippen LogP contribution in [0, 0.1) is 0 Å². The second kappa shape index (κ2) is 15.6. The number of carbonyl (C=O) groups excluding carboxylic acids is 3. The van der Waals surface area contributed by atoms with Crippen LogP contribution in [0.25, 0.3) is 6.08 Å². The fourth-order valence-corrected chi connectivity index (χ4v) is 4.63. The number of carbonyl (C=O) groups is 3. The molecule has 3 aromatic rings. The number of ether oxygens (including phenoxy) is 3. The summed E-state index contributed by atoms with van der Waals surface area (Å²) in [5.74, 6) is -0.729. The van der Waals surface area contributed by atoms with Crippen LogP contribution in [0.5, 0.6) is 0 Å². The third kappa shape index (κ3) is 11.9. The summed E-state index contributed by atoms with van der Waals surface area (Å²) in [5, 5.41) is 2.67. The molecular weight excluding hydrogens is 526 g/mol.